The number of aromatic nitrogens is 2. The number of hydrogen-bond acceptors (Lipinski definition) is 3. The molecule has 0 aliphatic rings. The van der Waals surface area contributed by atoms with Gasteiger partial charge in [0.1, 0.15) is 11.5 Å². The first-order valence-corrected chi connectivity index (χ1v) is 7.23. The van der Waals surface area contributed by atoms with E-state index in [2.05, 4.69) is 15.3 Å². The van der Waals surface area contributed by atoms with Gasteiger partial charge >= 0.3 is 0 Å². The van der Waals surface area contributed by atoms with Gasteiger partial charge < -0.3 is 15.4 Å². The molecule has 0 spiro atoms. The summed E-state index contributed by atoms with van der Waals surface area (Å²) in [6.07, 6.45) is 1.83. The van der Waals surface area contributed by atoms with Crippen molar-refractivity contribution in [2.45, 2.75) is 0 Å². The molecule has 0 saturated heterocycles. The van der Waals surface area contributed by atoms with Crippen LogP contribution in [0.1, 0.15) is 0 Å². The number of nitrogens with zero attached hydrogens (tertiary/aromatic N) is 1. The number of fused-ring (bicyclic) bond motifs is 1. The standard InChI is InChI=1S/C15H13Cl2N3O/c16-12-3-1-2-9(14(12)17)11-8-13(18-6-7-21)20-15-10(11)4-5-19-15/h1-5,8,21H,6-7H2,(H2,18,19,20). The van der Waals surface area contributed by atoms with Crippen LogP contribution in [0.3, 0.4) is 0 Å². The van der Waals surface area contributed by atoms with E-state index in [4.69, 9.17) is 28.3 Å². The lowest BCUT2D eigenvalue weighted by Gasteiger charge is -2.10. The van der Waals surface area contributed by atoms with Gasteiger partial charge in [-0.25, -0.2) is 4.98 Å². The van der Waals surface area contributed by atoms with Crippen LogP contribution in [0.15, 0.2) is 36.5 Å². The van der Waals surface area contributed by atoms with Crippen LogP contribution in [0.5, 0.6) is 0 Å². The van der Waals surface area contributed by atoms with Crippen molar-refractivity contribution < 1.29 is 5.11 Å². The lowest BCUT2D eigenvalue weighted by atomic mass is 10.0. The number of aromatic amines is 1. The average Bonchev–Trinajstić information content (AvgIpc) is 2.95. The van der Waals surface area contributed by atoms with Gasteiger partial charge in [0, 0.05) is 23.7 Å². The number of aliphatic hydroxyl groups is 1. The monoisotopic (exact) mass is 321 g/mol. The lowest BCUT2D eigenvalue weighted by molar-refractivity contribution is 0.311. The molecule has 3 N–H and O–H groups in total. The van der Waals surface area contributed by atoms with Gasteiger partial charge in [-0.15, -0.1) is 0 Å². The highest BCUT2D eigenvalue weighted by atomic mass is 35.5. The Bertz CT molecular complexity index is 786. The van der Waals surface area contributed by atoms with Gasteiger partial charge in [0.25, 0.3) is 0 Å². The molecule has 2 aromatic heterocycles. The molecule has 108 valence electrons. The second-order valence-electron chi connectivity index (χ2n) is 4.55. The summed E-state index contributed by atoms with van der Waals surface area (Å²) in [6, 6.07) is 9.40. The Labute approximate surface area is 131 Å². The molecule has 0 radical (unpaired) electrons. The van der Waals surface area contributed by atoms with Crippen molar-refractivity contribution >= 4 is 40.1 Å². The number of benzene rings is 1. The van der Waals surface area contributed by atoms with Crippen molar-refractivity contribution in [3.63, 3.8) is 0 Å². The van der Waals surface area contributed by atoms with Crippen LogP contribution < -0.4 is 5.32 Å². The number of hydrogen-bond donors (Lipinski definition) is 3. The molecule has 0 aliphatic carbocycles. The number of nitrogens with one attached hydrogen (secondary N) is 2. The van der Waals surface area contributed by atoms with Gasteiger partial charge in [-0.2, -0.15) is 0 Å². The Hall–Kier alpha value is -1.75. The Morgan fingerprint density at radius 3 is 2.86 bits per heavy atom. The van der Waals surface area contributed by atoms with Crippen LogP contribution in [-0.4, -0.2) is 28.2 Å². The summed E-state index contributed by atoms with van der Waals surface area (Å²) < 4.78 is 0. The molecule has 0 fully saturated rings. The number of anilines is 1. The summed E-state index contributed by atoms with van der Waals surface area (Å²) in [5.41, 5.74) is 2.54. The zero-order valence-electron chi connectivity index (χ0n) is 11.0. The quantitative estimate of drug-likeness (QED) is 0.682. The summed E-state index contributed by atoms with van der Waals surface area (Å²) in [6.45, 7) is 0.472. The minimum Gasteiger partial charge on any atom is -0.395 e. The van der Waals surface area contributed by atoms with E-state index in [1.54, 1.807) is 6.07 Å². The van der Waals surface area contributed by atoms with E-state index < -0.39 is 0 Å². The molecule has 3 aromatic rings. The predicted octanol–water partition coefficient (Wildman–Crippen LogP) is 3.94. The third-order valence-corrected chi connectivity index (χ3v) is 4.01. The van der Waals surface area contributed by atoms with Gasteiger partial charge in [0.15, 0.2) is 0 Å². The predicted molar refractivity (Wildman–Crippen MR) is 87.1 cm³/mol. The van der Waals surface area contributed by atoms with Crippen molar-refractivity contribution in [2.24, 2.45) is 0 Å². The van der Waals surface area contributed by atoms with Gasteiger partial charge in [0.05, 0.1) is 16.7 Å². The molecule has 3 rings (SSSR count). The fourth-order valence-electron chi connectivity index (χ4n) is 2.25. The van der Waals surface area contributed by atoms with Crippen molar-refractivity contribution in [1.82, 2.24) is 9.97 Å². The van der Waals surface area contributed by atoms with E-state index in [9.17, 15) is 0 Å². The van der Waals surface area contributed by atoms with Crippen LogP contribution in [0.2, 0.25) is 10.0 Å². The molecule has 2 heterocycles. The molecule has 1 aromatic carbocycles. The van der Waals surface area contributed by atoms with E-state index in [1.165, 1.54) is 0 Å². The Kier molecular flexibility index (Phi) is 4.01. The van der Waals surface area contributed by atoms with Gasteiger partial charge in [-0.1, -0.05) is 35.3 Å². The molecule has 21 heavy (non-hydrogen) atoms. The molecule has 4 nitrogen and oxygen atoms in total. The van der Waals surface area contributed by atoms with E-state index >= 15 is 0 Å². The van der Waals surface area contributed by atoms with Crippen LogP contribution in [0.4, 0.5) is 5.82 Å². The highest BCUT2D eigenvalue weighted by Crippen LogP contribution is 2.37. The maximum atomic E-state index is 8.93. The van der Waals surface area contributed by atoms with Crippen molar-refractivity contribution in [2.75, 3.05) is 18.5 Å². The van der Waals surface area contributed by atoms with Crippen molar-refractivity contribution in [3.05, 3.63) is 46.6 Å². The summed E-state index contributed by atoms with van der Waals surface area (Å²) in [7, 11) is 0. The summed E-state index contributed by atoms with van der Waals surface area (Å²) >= 11 is 12.4. The Morgan fingerprint density at radius 2 is 2.05 bits per heavy atom. The first-order valence-electron chi connectivity index (χ1n) is 6.48. The third kappa shape index (κ3) is 2.70. The molecule has 0 aliphatic heterocycles. The molecule has 0 atom stereocenters. The topological polar surface area (TPSA) is 60.9 Å². The van der Waals surface area contributed by atoms with E-state index in [1.807, 2.05) is 30.5 Å². The number of rotatable bonds is 4. The first kappa shape index (κ1) is 14.2. The maximum Gasteiger partial charge on any atom is 0.140 e. The smallest absolute Gasteiger partial charge is 0.140 e. The third-order valence-electron chi connectivity index (χ3n) is 3.19. The number of pyridine rings is 1. The van der Waals surface area contributed by atoms with Crippen LogP contribution >= 0.6 is 23.2 Å². The van der Waals surface area contributed by atoms with Crippen molar-refractivity contribution in [1.29, 1.82) is 0 Å². The Morgan fingerprint density at radius 1 is 1.19 bits per heavy atom. The van der Waals surface area contributed by atoms with E-state index in [0.29, 0.717) is 22.4 Å². The fourth-order valence-corrected chi connectivity index (χ4v) is 2.65. The molecular weight excluding hydrogens is 309 g/mol. The number of halogens is 2. The summed E-state index contributed by atoms with van der Waals surface area (Å²) in [5.74, 6) is 0.671. The largest absolute Gasteiger partial charge is 0.395 e. The lowest BCUT2D eigenvalue weighted by Crippen LogP contribution is -2.07. The normalized spacial score (nSPS) is 11.0. The van der Waals surface area contributed by atoms with E-state index in [0.717, 1.165) is 22.2 Å². The zero-order chi connectivity index (χ0) is 14.8. The number of H-pyrrole nitrogens is 1. The summed E-state index contributed by atoms with van der Waals surface area (Å²) in [5, 5.41) is 14.0. The minimum absolute atomic E-state index is 0.0394. The highest BCUT2D eigenvalue weighted by molar-refractivity contribution is 6.43. The molecule has 0 unspecified atom stereocenters. The fraction of sp³-hybridized carbons (Fsp3) is 0.133. The van der Waals surface area contributed by atoms with E-state index in [-0.39, 0.29) is 6.61 Å². The molecule has 0 saturated carbocycles. The zero-order valence-corrected chi connectivity index (χ0v) is 12.5. The highest BCUT2D eigenvalue weighted by Gasteiger charge is 2.13. The SMILES string of the molecule is OCCNc1cc(-c2cccc(Cl)c2Cl)c2cc[nH]c2n1. The Balaban J connectivity index is 2.20. The minimum atomic E-state index is 0.0394. The molecule has 0 amide bonds. The summed E-state index contributed by atoms with van der Waals surface area (Å²) in [4.78, 5) is 7.55. The number of aliphatic hydroxyl groups excluding tert-OH is 1. The molecule has 0 bridgehead atoms. The van der Waals surface area contributed by atoms with Crippen molar-refractivity contribution in [3.8, 4) is 11.1 Å². The average molecular weight is 322 g/mol. The molecule has 6 heteroatoms. The second kappa shape index (κ2) is 5.93. The second-order valence-corrected chi connectivity index (χ2v) is 5.33. The maximum absolute atomic E-state index is 8.93. The molecular formula is C15H13Cl2N3O. The van der Waals surface area contributed by atoms with Crippen LogP contribution in [0, 0.1) is 0 Å². The van der Waals surface area contributed by atoms with Gasteiger partial charge in [-0.3, -0.25) is 0 Å². The first-order chi connectivity index (χ1) is 10.2. The van der Waals surface area contributed by atoms with Gasteiger partial charge in [-0.05, 0) is 23.8 Å². The van der Waals surface area contributed by atoms with Gasteiger partial charge in [0.2, 0.25) is 0 Å². The van der Waals surface area contributed by atoms with Crippen LogP contribution in [0.25, 0.3) is 22.2 Å². The van der Waals surface area contributed by atoms with Crippen LogP contribution in [-0.2, 0) is 0 Å².